The van der Waals surface area contributed by atoms with E-state index in [-0.39, 0.29) is 0 Å². The molecule has 0 spiro atoms. The molecule has 1 fully saturated rings. The summed E-state index contributed by atoms with van der Waals surface area (Å²) in [5.41, 5.74) is 3.54. The van der Waals surface area contributed by atoms with Crippen molar-refractivity contribution in [2.24, 2.45) is 0 Å². The second kappa shape index (κ2) is 5.47. The molecular weight excluding hydrogens is 256 g/mol. The number of benzene rings is 1. The highest BCUT2D eigenvalue weighted by atomic mass is 32.1. The van der Waals surface area contributed by atoms with E-state index in [2.05, 4.69) is 34.7 Å². The number of fused-ring (bicyclic) bond motifs is 1. The van der Waals surface area contributed by atoms with Gasteiger partial charge >= 0.3 is 0 Å². The summed E-state index contributed by atoms with van der Waals surface area (Å²) in [7, 11) is 0. The third-order valence-corrected chi connectivity index (χ3v) is 4.22. The van der Waals surface area contributed by atoms with E-state index in [0.717, 1.165) is 23.4 Å². The Bertz CT molecular complexity index is 623. The van der Waals surface area contributed by atoms with Gasteiger partial charge in [0.1, 0.15) is 0 Å². The Kier molecular flexibility index (Phi) is 3.71. The van der Waals surface area contributed by atoms with Crippen molar-refractivity contribution in [2.75, 3.05) is 6.61 Å². The second-order valence-electron chi connectivity index (χ2n) is 5.38. The standard InChI is InChI=1S/C15H20N2OS/c1-11-6-7-13-14(10-11)17(15(19)16-13)8-9-18-12-4-2-3-5-12/h6-7,10,12H,2-5,8-9H2,1H3,(H,16,19). The van der Waals surface area contributed by atoms with Crippen molar-refractivity contribution in [3.8, 4) is 0 Å². The maximum atomic E-state index is 5.93. The highest BCUT2D eigenvalue weighted by molar-refractivity contribution is 7.71. The van der Waals surface area contributed by atoms with Crippen LogP contribution in [0.3, 0.4) is 0 Å². The average molecular weight is 276 g/mol. The first-order chi connectivity index (χ1) is 9.24. The highest BCUT2D eigenvalue weighted by Crippen LogP contribution is 2.21. The number of nitrogens with zero attached hydrogens (tertiary/aromatic N) is 1. The van der Waals surface area contributed by atoms with Crippen LogP contribution in [-0.2, 0) is 11.3 Å². The largest absolute Gasteiger partial charge is 0.376 e. The Morgan fingerprint density at radius 1 is 1.37 bits per heavy atom. The lowest BCUT2D eigenvalue weighted by Crippen LogP contribution is -2.13. The molecule has 0 saturated heterocycles. The van der Waals surface area contributed by atoms with Crippen molar-refractivity contribution >= 4 is 23.3 Å². The molecule has 1 N–H and O–H groups in total. The monoisotopic (exact) mass is 276 g/mol. The summed E-state index contributed by atoms with van der Waals surface area (Å²) in [6.45, 7) is 3.69. The predicted molar refractivity (Wildman–Crippen MR) is 80.1 cm³/mol. The van der Waals surface area contributed by atoms with E-state index >= 15 is 0 Å². The molecule has 4 heteroatoms. The lowest BCUT2D eigenvalue weighted by molar-refractivity contribution is 0.0533. The van der Waals surface area contributed by atoms with Gasteiger partial charge in [-0.3, -0.25) is 0 Å². The quantitative estimate of drug-likeness (QED) is 0.856. The number of aromatic nitrogens is 2. The first-order valence-corrected chi connectivity index (χ1v) is 7.45. The molecule has 1 saturated carbocycles. The number of aromatic amines is 1. The van der Waals surface area contributed by atoms with Gasteiger partial charge in [-0.1, -0.05) is 18.9 Å². The second-order valence-corrected chi connectivity index (χ2v) is 5.77. The van der Waals surface area contributed by atoms with Gasteiger partial charge in [0.15, 0.2) is 4.77 Å². The molecule has 1 heterocycles. The molecule has 3 rings (SSSR count). The van der Waals surface area contributed by atoms with Crippen molar-refractivity contribution < 1.29 is 4.74 Å². The normalized spacial score (nSPS) is 16.5. The molecule has 0 aliphatic heterocycles. The summed E-state index contributed by atoms with van der Waals surface area (Å²) in [6.07, 6.45) is 5.55. The Morgan fingerprint density at radius 2 is 2.16 bits per heavy atom. The molecule has 2 aromatic rings. The zero-order valence-electron chi connectivity index (χ0n) is 11.3. The van der Waals surface area contributed by atoms with Crippen molar-refractivity contribution in [2.45, 2.75) is 45.3 Å². The van der Waals surface area contributed by atoms with Crippen LogP contribution in [0.1, 0.15) is 31.2 Å². The molecule has 1 aromatic carbocycles. The lowest BCUT2D eigenvalue weighted by Gasteiger charge is -2.11. The minimum Gasteiger partial charge on any atom is -0.376 e. The third-order valence-electron chi connectivity index (χ3n) is 3.90. The summed E-state index contributed by atoms with van der Waals surface area (Å²) in [6, 6.07) is 6.37. The summed E-state index contributed by atoms with van der Waals surface area (Å²) < 4.78 is 8.86. The van der Waals surface area contributed by atoms with Crippen LogP contribution < -0.4 is 0 Å². The van der Waals surface area contributed by atoms with Crippen LogP contribution in [0.25, 0.3) is 11.0 Å². The van der Waals surface area contributed by atoms with Gasteiger partial charge in [-0.15, -0.1) is 0 Å². The molecule has 0 amide bonds. The summed E-state index contributed by atoms with van der Waals surface area (Å²) in [5.74, 6) is 0. The van der Waals surface area contributed by atoms with E-state index in [9.17, 15) is 0 Å². The topological polar surface area (TPSA) is 29.9 Å². The zero-order valence-corrected chi connectivity index (χ0v) is 12.1. The van der Waals surface area contributed by atoms with Crippen molar-refractivity contribution in [3.63, 3.8) is 0 Å². The van der Waals surface area contributed by atoms with Gasteiger partial charge in [-0.2, -0.15) is 0 Å². The minimum absolute atomic E-state index is 0.473. The number of ether oxygens (including phenoxy) is 1. The van der Waals surface area contributed by atoms with Gasteiger partial charge in [0.25, 0.3) is 0 Å². The van der Waals surface area contributed by atoms with E-state index in [1.54, 1.807) is 0 Å². The highest BCUT2D eigenvalue weighted by Gasteiger charge is 2.15. The maximum absolute atomic E-state index is 5.93. The Hall–Kier alpha value is -1.13. The molecule has 0 bridgehead atoms. The van der Waals surface area contributed by atoms with Crippen LogP contribution >= 0.6 is 12.2 Å². The van der Waals surface area contributed by atoms with E-state index in [1.165, 1.54) is 36.8 Å². The molecule has 0 radical (unpaired) electrons. The fourth-order valence-electron chi connectivity index (χ4n) is 2.85. The number of rotatable bonds is 4. The number of imidazole rings is 1. The molecule has 1 aliphatic carbocycles. The lowest BCUT2D eigenvalue weighted by atomic mass is 10.2. The maximum Gasteiger partial charge on any atom is 0.178 e. The molecule has 1 aliphatic rings. The summed E-state index contributed by atoms with van der Waals surface area (Å²) >= 11 is 5.40. The number of hydrogen-bond acceptors (Lipinski definition) is 2. The number of hydrogen-bond donors (Lipinski definition) is 1. The van der Waals surface area contributed by atoms with E-state index < -0.39 is 0 Å². The van der Waals surface area contributed by atoms with Crippen molar-refractivity contribution in [3.05, 3.63) is 28.5 Å². The van der Waals surface area contributed by atoms with Crippen LogP contribution in [0.15, 0.2) is 18.2 Å². The molecular formula is C15H20N2OS. The van der Waals surface area contributed by atoms with E-state index in [1.807, 2.05) is 0 Å². The summed E-state index contributed by atoms with van der Waals surface area (Å²) in [4.78, 5) is 3.25. The van der Waals surface area contributed by atoms with Gasteiger partial charge in [-0.05, 0) is 49.7 Å². The van der Waals surface area contributed by atoms with Crippen LogP contribution in [-0.4, -0.2) is 22.3 Å². The fraction of sp³-hybridized carbons (Fsp3) is 0.533. The Balaban J connectivity index is 1.74. The van der Waals surface area contributed by atoms with Crippen molar-refractivity contribution in [1.82, 2.24) is 9.55 Å². The third kappa shape index (κ3) is 2.74. The predicted octanol–water partition coefficient (Wildman–Crippen LogP) is 3.97. The first kappa shape index (κ1) is 12.9. The van der Waals surface area contributed by atoms with Gasteiger partial charge in [0.05, 0.1) is 23.7 Å². The van der Waals surface area contributed by atoms with Gasteiger partial charge < -0.3 is 14.3 Å². The van der Waals surface area contributed by atoms with Crippen LogP contribution in [0, 0.1) is 11.7 Å². The molecule has 0 unspecified atom stereocenters. The Morgan fingerprint density at radius 3 is 2.95 bits per heavy atom. The van der Waals surface area contributed by atoms with Crippen LogP contribution in [0.4, 0.5) is 0 Å². The number of aryl methyl sites for hydroxylation is 1. The Labute approximate surface area is 118 Å². The van der Waals surface area contributed by atoms with Gasteiger partial charge in [0, 0.05) is 6.54 Å². The molecule has 19 heavy (non-hydrogen) atoms. The summed E-state index contributed by atoms with van der Waals surface area (Å²) in [5, 5.41) is 0. The smallest absolute Gasteiger partial charge is 0.178 e. The fourth-order valence-corrected chi connectivity index (χ4v) is 3.15. The van der Waals surface area contributed by atoms with Crippen LogP contribution in [0.2, 0.25) is 0 Å². The molecule has 0 atom stereocenters. The van der Waals surface area contributed by atoms with Gasteiger partial charge in [-0.25, -0.2) is 0 Å². The van der Waals surface area contributed by atoms with Crippen LogP contribution in [0.5, 0.6) is 0 Å². The molecule has 1 aromatic heterocycles. The van der Waals surface area contributed by atoms with Gasteiger partial charge in [0.2, 0.25) is 0 Å². The number of H-pyrrole nitrogens is 1. The average Bonchev–Trinajstić information content (AvgIpc) is 2.99. The van der Waals surface area contributed by atoms with Crippen molar-refractivity contribution in [1.29, 1.82) is 0 Å². The SMILES string of the molecule is Cc1ccc2[nH]c(=S)n(CCOC3CCCC3)c2c1. The molecule has 102 valence electrons. The molecule has 3 nitrogen and oxygen atoms in total. The number of nitrogens with one attached hydrogen (secondary N) is 1. The minimum atomic E-state index is 0.473. The zero-order chi connectivity index (χ0) is 13.2. The van der Waals surface area contributed by atoms with E-state index in [4.69, 9.17) is 17.0 Å². The first-order valence-electron chi connectivity index (χ1n) is 7.05. The van der Waals surface area contributed by atoms with E-state index in [0.29, 0.717) is 6.10 Å².